The molecule has 3 aliphatic rings. The Balaban J connectivity index is 1.26. The first-order chi connectivity index (χ1) is 14.0. The minimum atomic E-state index is -0.748. The van der Waals surface area contributed by atoms with Crippen molar-refractivity contribution in [3.63, 3.8) is 0 Å². The molecule has 2 aromatic rings. The number of likely N-dealkylation sites (tertiary alicyclic amines) is 1. The maximum atomic E-state index is 13.7. The summed E-state index contributed by atoms with van der Waals surface area (Å²) in [6, 6.07) is 5.13. The molecule has 148 valence electrons. The molecular weight excluding hydrogens is 380 g/mol. The summed E-state index contributed by atoms with van der Waals surface area (Å²) < 4.78 is 38.2. The van der Waals surface area contributed by atoms with Crippen LogP contribution in [0.3, 0.4) is 0 Å². The van der Waals surface area contributed by atoms with Gasteiger partial charge in [-0.25, -0.2) is 8.78 Å². The number of amides is 1. The molecule has 0 spiro atoms. The zero-order chi connectivity index (χ0) is 20.1. The van der Waals surface area contributed by atoms with Crippen molar-refractivity contribution in [3.05, 3.63) is 53.4 Å². The van der Waals surface area contributed by atoms with Gasteiger partial charge in [-0.05, 0) is 25.0 Å². The lowest BCUT2D eigenvalue weighted by molar-refractivity contribution is -0.142. The Kier molecular flexibility index (Phi) is 4.12. The van der Waals surface area contributed by atoms with E-state index >= 15 is 0 Å². The van der Waals surface area contributed by atoms with E-state index in [-0.39, 0.29) is 35.8 Å². The first-order valence-electron chi connectivity index (χ1n) is 9.50. The van der Waals surface area contributed by atoms with Crippen molar-refractivity contribution in [2.75, 3.05) is 6.54 Å². The van der Waals surface area contributed by atoms with Crippen molar-refractivity contribution in [1.82, 2.24) is 9.88 Å². The molecule has 1 amide bonds. The van der Waals surface area contributed by atoms with Gasteiger partial charge in [-0.1, -0.05) is 0 Å². The Bertz CT molecular complexity index is 1030. The van der Waals surface area contributed by atoms with Crippen LogP contribution in [-0.2, 0) is 4.79 Å². The molecule has 6 nitrogen and oxygen atoms in total. The second-order valence-electron chi connectivity index (χ2n) is 7.68. The van der Waals surface area contributed by atoms with Gasteiger partial charge in [-0.15, -0.1) is 0 Å². The minimum absolute atomic E-state index is 0.00300. The van der Waals surface area contributed by atoms with Gasteiger partial charge in [-0.3, -0.25) is 9.78 Å². The first kappa shape index (κ1) is 17.9. The molecule has 29 heavy (non-hydrogen) atoms. The van der Waals surface area contributed by atoms with E-state index in [0.717, 1.165) is 17.7 Å². The Labute approximate surface area is 165 Å². The number of fused-ring (bicyclic) bond motifs is 4. The van der Waals surface area contributed by atoms with Gasteiger partial charge in [0.2, 0.25) is 5.91 Å². The summed E-state index contributed by atoms with van der Waals surface area (Å²) in [5.41, 5.74) is 1.15. The van der Waals surface area contributed by atoms with E-state index in [1.807, 2.05) is 0 Å². The van der Waals surface area contributed by atoms with Crippen LogP contribution >= 0.6 is 0 Å². The Morgan fingerprint density at radius 2 is 2.10 bits per heavy atom. The van der Waals surface area contributed by atoms with Crippen LogP contribution in [0.2, 0.25) is 0 Å². The summed E-state index contributed by atoms with van der Waals surface area (Å²) in [7, 11) is 0. The van der Waals surface area contributed by atoms with Crippen LogP contribution in [0.4, 0.5) is 8.78 Å². The van der Waals surface area contributed by atoms with E-state index in [1.54, 1.807) is 11.1 Å². The molecule has 0 unspecified atom stereocenters. The van der Waals surface area contributed by atoms with Crippen LogP contribution in [-0.4, -0.2) is 34.5 Å². The molecule has 1 aromatic heterocycles. The van der Waals surface area contributed by atoms with Gasteiger partial charge in [-0.2, -0.15) is 5.26 Å². The highest BCUT2D eigenvalue weighted by molar-refractivity contribution is 5.81. The summed E-state index contributed by atoms with van der Waals surface area (Å²) in [5.74, 6) is -1.08. The van der Waals surface area contributed by atoms with Crippen LogP contribution in [0.25, 0.3) is 0 Å². The van der Waals surface area contributed by atoms with Gasteiger partial charge in [0.25, 0.3) is 0 Å². The van der Waals surface area contributed by atoms with E-state index in [2.05, 4.69) is 11.1 Å². The molecule has 2 fully saturated rings. The molecule has 1 saturated heterocycles. The smallest absolute Gasteiger partial charge is 0.226 e. The number of ether oxygens (including phenoxy) is 2. The van der Waals surface area contributed by atoms with E-state index < -0.39 is 11.6 Å². The number of carbonyl (C=O) groups is 1. The number of nitriles is 1. The van der Waals surface area contributed by atoms with Gasteiger partial charge in [0.15, 0.2) is 11.6 Å². The van der Waals surface area contributed by atoms with E-state index in [4.69, 9.17) is 9.47 Å². The van der Waals surface area contributed by atoms with Crippen molar-refractivity contribution in [2.45, 2.75) is 37.5 Å². The van der Waals surface area contributed by atoms with E-state index in [1.165, 1.54) is 12.3 Å². The van der Waals surface area contributed by atoms with Crippen molar-refractivity contribution < 1.29 is 23.0 Å². The molecule has 2 aliphatic heterocycles. The van der Waals surface area contributed by atoms with Gasteiger partial charge >= 0.3 is 0 Å². The van der Waals surface area contributed by atoms with Crippen LogP contribution in [0, 0.1) is 28.9 Å². The summed E-state index contributed by atoms with van der Waals surface area (Å²) >= 11 is 0. The lowest BCUT2D eigenvalue weighted by Crippen LogP contribution is -2.45. The molecule has 1 aromatic carbocycles. The quantitative estimate of drug-likeness (QED) is 0.796. The average Bonchev–Trinajstić information content (AvgIpc) is 3.02. The molecule has 0 N–H and O–H groups in total. The Morgan fingerprint density at radius 1 is 1.28 bits per heavy atom. The Morgan fingerprint density at radius 3 is 2.86 bits per heavy atom. The van der Waals surface area contributed by atoms with Crippen molar-refractivity contribution in [1.29, 1.82) is 5.26 Å². The fourth-order valence-corrected chi connectivity index (χ4v) is 4.35. The third kappa shape index (κ3) is 2.97. The van der Waals surface area contributed by atoms with E-state index in [9.17, 15) is 18.8 Å². The number of halogens is 2. The summed E-state index contributed by atoms with van der Waals surface area (Å²) in [5, 5.41) is 9.27. The Hall–Kier alpha value is -3.21. The van der Waals surface area contributed by atoms with Crippen LogP contribution in [0.5, 0.6) is 11.5 Å². The van der Waals surface area contributed by atoms with Gasteiger partial charge < -0.3 is 14.4 Å². The molecular formula is C21H17F2N3O3. The summed E-state index contributed by atoms with van der Waals surface area (Å²) in [4.78, 5) is 19.0. The lowest BCUT2D eigenvalue weighted by atomic mass is 9.81. The number of hydrogen-bond donors (Lipinski definition) is 0. The molecule has 2 bridgehead atoms. The van der Waals surface area contributed by atoms with Crippen LogP contribution in [0.15, 0.2) is 30.6 Å². The molecule has 1 saturated carbocycles. The number of hydrogen-bond acceptors (Lipinski definition) is 5. The number of carbonyl (C=O) groups excluding carboxylic acids is 1. The molecule has 8 heteroatoms. The van der Waals surface area contributed by atoms with Crippen LogP contribution < -0.4 is 9.47 Å². The van der Waals surface area contributed by atoms with E-state index in [0.29, 0.717) is 37.1 Å². The monoisotopic (exact) mass is 397 g/mol. The van der Waals surface area contributed by atoms with Gasteiger partial charge in [0, 0.05) is 36.4 Å². The SMILES string of the molecule is N#Cc1cncc2c1O[C@H]1C[C@@H]2N(C(=O)C2CC(Oc3ccc(F)cc3F)C2)C1. The predicted octanol–water partition coefficient (Wildman–Crippen LogP) is 3.12. The van der Waals surface area contributed by atoms with Gasteiger partial charge in [0.1, 0.15) is 35.4 Å². The average molecular weight is 397 g/mol. The second-order valence-corrected chi connectivity index (χ2v) is 7.68. The molecule has 1 aliphatic carbocycles. The predicted molar refractivity (Wildman–Crippen MR) is 95.9 cm³/mol. The normalized spacial score (nSPS) is 26.7. The third-order valence-electron chi connectivity index (χ3n) is 5.87. The van der Waals surface area contributed by atoms with Crippen LogP contribution in [0.1, 0.15) is 36.4 Å². The zero-order valence-corrected chi connectivity index (χ0v) is 15.3. The highest BCUT2D eigenvalue weighted by Crippen LogP contribution is 2.46. The molecule has 5 rings (SSSR count). The number of nitrogens with zero attached hydrogens (tertiary/aromatic N) is 3. The van der Waals surface area contributed by atoms with Crippen molar-refractivity contribution >= 4 is 5.91 Å². The number of pyridine rings is 1. The number of aromatic nitrogens is 1. The zero-order valence-electron chi connectivity index (χ0n) is 15.3. The molecule has 2 atom stereocenters. The highest BCUT2D eigenvalue weighted by atomic mass is 19.1. The molecule has 0 radical (unpaired) electrons. The maximum absolute atomic E-state index is 13.7. The standard InChI is InChI=1S/C21H17F2N3O3/c22-13-1-2-19(17(23)5-13)28-14-3-11(4-14)21(27)26-10-15-6-18(26)16-9-25-8-12(7-24)20(16)29-15/h1-2,5,8-9,11,14-15,18H,3-4,6,10H2/t11?,14?,15-,18-/m0/s1. The lowest BCUT2D eigenvalue weighted by Gasteiger charge is -2.38. The maximum Gasteiger partial charge on any atom is 0.226 e. The fraction of sp³-hybridized carbons (Fsp3) is 0.381. The van der Waals surface area contributed by atoms with Crippen molar-refractivity contribution in [3.8, 4) is 17.6 Å². The summed E-state index contributed by atoms with van der Waals surface area (Å²) in [6.45, 7) is 0.470. The van der Waals surface area contributed by atoms with Crippen molar-refractivity contribution in [2.24, 2.45) is 5.92 Å². The number of rotatable bonds is 3. The first-order valence-corrected chi connectivity index (χ1v) is 9.50. The fourth-order valence-electron chi connectivity index (χ4n) is 4.35. The summed E-state index contributed by atoms with van der Waals surface area (Å²) in [6.07, 6.45) is 4.36. The minimum Gasteiger partial charge on any atom is -0.487 e. The number of benzene rings is 1. The topological polar surface area (TPSA) is 75.5 Å². The largest absolute Gasteiger partial charge is 0.487 e. The third-order valence-corrected chi connectivity index (χ3v) is 5.87. The highest BCUT2D eigenvalue weighted by Gasteiger charge is 2.47. The second kappa shape index (κ2) is 6.69. The van der Waals surface area contributed by atoms with Gasteiger partial charge in [0.05, 0.1) is 12.6 Å². The molecule has 3 heterocycles.